The lowest BCUT2D eigenvalue weighted by Crippen LogP contribution is -2.37. The van der Waals surface area contributed by atoms with Crippen LogP contribution in [0.5, 0.6) is 0 Å². The molecule has 0 bridgehead atoms. The minimum Gasteiger partial charge on any atom is -0.390 e. The normalized spacial score (nSPS) is 14.5. The van der Waals surface area contributed by atoms with E-state index < -0.39 is 11.7 Å². The second-order valence-electron chi connectivity index (χ2n) is 7.39. The first-order valence-corrected chi connectivity index (χ1v) is 10.2. The summed E-state index contributed by atoms with van der Waals surface area (Å²) in [6, 6.07) is 15.3. The first kappa shape index (κ1) is 24.4. The molecule has 2 rings (SSSR count). The molecule has 0 aliphatic rings. The molecule has 0 fully saturated rings. The van der Waals surface area contributed by atoms with Crippen molar-refractivity contribution in [1.29, 1.82) is 0 Å². The van der Waals surface area contributed by atoms with Crippen LogP contribution in [0, 0.1) is 0 Å². The summed E-state index contributed by atoms with van der Waals surface area (Å²) in [6.07, 6.45) is 0.725. The van der Waals surface area contributed by atoms with Crippen LogP contribution in [-0.2, 0) is 12.6 Å². The van der Waals surface area contributed by atoms with Gasteiger partial charge in [0.1, 0.15) is 0 Å². The Morgan fingerprint density at radius 3 is 2.29 bits per heavy atom. The summed E-state index contributed by atoms with van der Waals surface area (Å²) < 4.78 is 38.5. The van der Waals surface area contributed by atoms with Gasteiger partial charge in [-0.3, -0.25) is 10.3 Å². The van der Waals surface area contributed by atoms with E-state index in [2.05, 4.69) is 22.2 Å². The maximum atomic E-state index is 12.8. The molecule has 0 aliphatic carbocycles. The number of benzene rings is 2. The van der Waals surface area contributed by atoms with E-state index in [9.17, 15) is 13.2 Å². The van der Waals surface area contributed by atoms with Gasteiger partial charge in [0, 0.05) is 32.0 Å². The molecular formula is C25H30F3N3. The first-order valence-electron chi connectivity index (χ1n) is 10.2. The molecular weight excluding hydrogens is 399 g/mol. The number of alkyl halides is 3. The molecule has 0 aliphatic heterocycles. The van der Waals surface area contributed by atoms with Gasteiger partial charge in [-0.2, -0.15) is 13.2 Å². The van der Waals surface area contributed by atoms with Crippen molar-refractivity contribution < 1.29 is 13.2 Å². The monoisotopic (exact) mass is 429 g/mol. The molecule has 6 heteroatoms. The fourth-order valence-corrected chi connectivity index (χ4v) is 3.31. The van der Waals surface area contributed by atoms with Crippen molar-refractivity contribution >= 4 is 6.21 Å². The maximum Gasteiger partial charge on any atom is 0.416 e. The highest BCUT2D eigenvalue weighted by molar-refractivity contribution is 5.72. The van der Waals surface area contributed by atoms with E-state index in [1.807, 2.05) is 50.4 Å². The summed E-state index contributed by atoms with van der Waals surface area (Å²) >= 11 is 0. The third-order valence-corrected chi connectivity index (χ3v) is 5.21. The SMILES string of the molecule is C=C(NC)C(NC(CCc1ccc(C(F)(F)F)cc1)/C(C)=C/C=NC)c1ccccc1. The molecule has 166 valence electrons. The van der Waals surface area contributed by atoms with Crippen LogP contribution in [0.15, 0.2) is 83.5 Å². The highest BCUT2D eigenvalue weighted by atomic mass is 19.4. The molecule has 0 amide bonds. The predicted octanol–water partition coefficient (Wildman–Crippen LogP) is 5.72. The Labute approximate surface area is 182 Å². The summed E-state index contributed by atoms with van der Waals surface area (Å²) in [4.78, 5) is 4.03. The molecule has 0 saturated carbocycles. The van der Waals surface area contributed by atoms with Crippen LogP contribution in [-0.4, -0.2) is 26.4 Å². The fourth-order valence-electron chi connectivity index (χ4n) is 3.31. The van der Waals surface area contributed by atoms with Crippen molar-refractivity contribution in [3.05, 3.63) is 95.2 Å². The van der Waals surface area contributed by atoms with Gasteiger partial charge < -0.3 is 5.32 Å². The van der Waals surface area contributed by atoms with Gasteiger partial charge in [-0.05, 0) is 49.1 Å². The van der Waals surface area contributed by atoms with Gasteiger partial charge in [0.25, 0.3) is 0 Å². The summed E-state index contributed by atoms with van der Waals surface area (Å²) in [7, 11) is 3.55. The average Bonchev–Trinajstić information content (AvgIpc) is 2.77. The van der Waals surface area contributed by atoms with E-state index in [4.69, 9.17) is 0 Å². The number of aliphatic imine (C=N–C) groups is 1. The molecule has 2 atom stereocenters. The maximum absolute atomic E-state index is 12.8. The zero-order valence-electron chi connectivity index (χ0n) is 18.2. The number of allylic oxidation sites excluding steroid dienone is 1. The highest BCUT2D eigenvalue weighted by Gasteiger charge is 2.30. The lowest BCUT2D eigenvalue weighted by atomic mass is 9.96. The molecule has 2 N–H and O–H groups in total. The van der Waals surface area contributed by atoms with Crippen molar-refractivity contribution in [2.45, 2.75) is 38.0 Å². The molecule has 0 radical (unpaired) electrons. The fraction of sp³-hybridized carbons (Fsp3) is 0.320. The molecule has 2 aromatic carbocycles. The third-order valence-electron chi connectivity index (χ3n) is 5.21. The minimum atomic E-state index is -4.32. The lowest BCUT2D eigenvalue weighted by molar-refractivity contribution is -0.137. The van der Waals surface area contributed by atoms with Gasteiger partial charge in [0.05, 0.1) is 11.6 Å². The van der Waals surface area contributed by atoms with Gasteiger partial charge in [-0.15, -0.1) is 0 Å². The molecule has 0 heterocycles. The largest absolute Gasteiger partial charge is 0.416 e. The molecule has 2 unspecified atom stereocenters. The number of halogens is 3. The highest BCUT2D eigenvalue weighted by Crippen LogP contribution is 2.29. The van der Waals surface area contributed by atoms with Crippen molar-refractivity contribution in [2.75, 3.05) is 14.1 Å². The smallest absolute Gasteiger partial charge is 0.390 e. The van der Waals surface area contributed by atoms with Crippen LogP contribution in [0.4, 0.5) is 13.2 Å². The second-order valence-corrected chi connectivity index (χ2v) is 7.39. The van der Waals surface area contributed by atoms with Crippen LogP contribution in [0.3, 0.4) is 0 Å². The number of nitrogens with zero attached hydrogens (tertiary/aromatic N) is 1. The lowest BCUT2D eigenvalue weighted by Gasteiger charge is -2.28. The zero-order chi connectivity index (χ0) is 22.9. The van der Waals surface area contributed by atoms with E-state index in [0.29, 0.717) is 12.8 Å². The van der Waals surface area contributed by atoms with Crippen LogP contribution < -0.4 is 10.6 Å². The van der Waals surface area contributed by atoms with Crippen molar-refractivity contribution in [3.63, 3.8) is 0 Å². The number of hydrogen-bond acceptors (Lipinski definition) is 3. The van der Waals surface area contributed by atoms with Gasteiger partial charge in [0.2, 0.25) is 0 Å². The van der Waals surface area contributed by atoms with E-state index in [1.54, 1.807) is 25.4 Å². The Hall–Kier alpha value is -2.86. The quantitative estimate of drug-likeness (QED) is 0.474. The topological polar surface area (TPSA) is 36.4 Å². The third kappa shape index (κ3) is 7.40. The molecule has 0 saturated heterocycles. The standard InChI is InChI=1S/C25H30F3N3/c1-18(16-17-29-3)23(15-12-20-10-13-22(14-11-20)25(26,27)28)31-24(19(2)30-4)21-8-6-5-7-9-21/h5-11,13-14,16-17,23-24,30-31H,2,12,15H2,1,3-4H3/b18-16+,29-17?. The summed E-state index contributed by atoms with van der Waals surface area (Å²) in [5.41, 5.74) is 3.24. The number of hydrogen-bond donors (Lipinski definition) is 2. The van der Waals surface area contributed by atoms with Gasteiger partial charge in [-0.25, -0.2) is 0 Å². The molecule has 0 spiro atoms. The van der Waals surface area contributed by atoms with Crippen molar-refractivity contribution in [2.24, 2.45) is 4.99 Å². The first-order chi connectivity index (χ1) is 14.8. The number of likely N-dealkylation sites (N-methyl/N-ethyl adjacent to an activating group) is 1. The Morgan fingerprint density at radius 2 is 1.74 bits per heavy atom. The zero-order valence-corrected chi connectivity index (χ0v) is 18.2. The molecule has 31 heavy (non-hydrogen) atoms. The van der Waals surface area contributed by atoms with E-state index in [-0.39, 0.29) is 12.1 Å². The van der Waals surface area contributed by atoms with Crippen LogP contribution >= 0.6 is 0 Å². The Kier molecular flexibility index (Phi) is 9.06. The molecule has 3 nitrogen and oxygen atoms in total. The molecule has 2 aromatic rings. The molecule has 0 aromatic heterocycles. The number of nitrogens with one attached hydrogen (secondary N) is 2. The van der Waals surface area contributed by atoms with Gasteiger partial charge >= 0.3 is 6.18 Å². The average molecular weight is 430 g/mol. The number of rotatable bonds is 10. The van der Waals surface area contributed by atoms with E-state index >= 15 is 0 Å². The van der Waals surface area contributed by atoms with E-state index in [0.717, 1.165) is 34.5 Å². The van der Waals surface area contributed by atoms with Crippen molar-refractivity contribution in [3.8, 4) is 0 Å². The Balaban J connectivity index is 2.22. The summed E-state index contributed by atoms with van der Waals surface area (Å²) in [6.45, 7) is 6.17. The van der Waals surface area contributed by atoms with E-state index in [1.165, 1.54) is 0 Å². The van der Waals surface area contributed by atoms with Gasteiger partial charge in [0.15, 0.2) is 0 Å². The summed E-state index contributed by atoms with van der Waals surface area (Å²) in [5.74, 6) is 0. The summed E-state index contributed by atoms with van der Waals surface area (Å²) in [5, 5.41) is 6.80. The Morgan fingerprint density at radius 1 is 1.10 bits per heavy atom. The van der Waals surface area contributed by atoms with Crippen LogP contribution in [0.25, 0.3) is 0 Å². The Bertz CT molecular complexity index is 884. The second kappa shape index (κ2) is 11.5. The predicted molar refractivity (Wildman–Crippen MR) is 122 cm³/mol. The van der Waals surface area contributed by atoms with Crippen LogP contribution in [0.2, 0.25) is 0 Å². The van der Waals surface area contributed by atoms with Crippen LogP contribution in [0.1, 0.15) is 36.1 Å². The minimum absolute atomic E-state index is 0.0180. The van der Waals surface area contributed by atoms with Crippen molar-refractivity contribution in [1.82, 2.24) is 10.6 Å². The number of aryl methyl sites for hydroxylation is 1. The van der Waals surface area contributed by atoms with Gasteiger partial charge in [-0.1, -0.05) is 54.6 Å².